The quantitative estimate of drug-likeness (QED) is 0.815. The molecular weight excluding hydrogens is 316 g/mol. The average Bonchev–Trinajstić information content (AvgIpc) is 3.10. The zero-order valence-corrected chi connectivity index (χ0v) is 14.3. The van der Waals surface area contributed by atoms with Crippen LogP contribution in [-0.4, -0.2) is 11.4 Å². The highest BCUT2D eigenvalue weighted by molar-refractivity contribution is 7.98. The van der Waals surface area contributed by atoms with Gasteiger partial charge in [-0.05, 0) is 55.5 Å². The van der Waals surface area contributed by atoms with Crippen molar-refractivity contribution in [3.8, 4) is 6.07 Å². The number of hydrogen-bond acceptors (Lipinski definition) is 3. The summed E-state index contributed by atoms with van der Waals surface area (Å²) in [5.74, 6) is 0.752. The van der Waals surface area contributed by atoms with E-state index in [-0.39, 0.29) is 5.91 Å². The van der Waals surface area contributed by atoms with Crippen molar-refractivity contribution in [2.45, 2.75) is 41.9 Å². The molecule has 0 spiro atoms. The molecule has 1 saturated carbocycles. The van der Waals surface area contributed by atoms with Gasteiger partial charge in [0.05, 0.1) is 6.07 Å². The molecule has 1 amide bonds. The molecule has 2 aromatic rings. The lowest BCUT2D eigenvalue weighted by atomic mass is 9.99. The topological polar surface area (TPSA) is 52.9 Å². The largest absolute Gasteiger partial charge is 0.334 e. The van der Waals surface area contributed by atoms with Crippen LogP contribution in [0.3, 0.4) is 0 Å². The van der Waals surface area contributed by atoms with E-state index in [9.17, 15) is 10.1 Å². The summed E-state index contributed by atoms with van der Waals surface area (Å²) in [5.41, 5.74) is 1.22. The van der Waals surface area contributed by atoms with Crippen molar-refractivity contribution in [2.24, 2.45) is 0 Å². The van der Waals surface area contributed by atoms with Gasteiger partial charge in [0.15, 0.2) is 0 Å². The van der Waals surface area contributed by atoms with Crippen molar-refractivity contribution in [1.82, 2.24) is 5.32 Å². The first-order chi connectivity index (χ1) is 11.7. The van der Waals surface area contributed by atoms with Crippen molar-refractivity contribution in [2.75, 3.05) is 0 Å². The summed E-state index contributed by atoms with van der Waals surface area (Å²) in [6, 6.07) is 20.2. The second-order valence-corrected chi connectivity index (χ2v) is 7.20. The normalized spacial score (nSPS) is 15.6. The van der Waals surface area contributed by atoms with Gasteiger partial charge in [-0.3, -0.25) is 4.79 Å². The van der Waals surface area contributed by atoms with Gasteiger partial charge in [0.1, 0.15) is 5.54 Å². The maximum Gasteiger partial charge on any atom is 0.252 e. The molecule has 4 heteroatoms. The van der Waals surface area contributed by atoms with E-state index in [1.807, 2.05) is 42.5 Å². The predicted molar refractivity (Wildman–Crippen MR) is 96.7 cm³/mol. The third-order valence-corrected chi connectivity index (χ3v) is 5.47. The third kappa shape index (κ3) is 3.98. The SMILES string of the molecule is N#CC1(NC(=O)c2ccc(SCc3ccccc3)cc2)CCCC1. The number of nitrogens with zero attached hydrogens (tertiary/aromatic N) is 1. The Labute approximate surface area is 147 Å². The highest BCUT2D eigenvalue weighted by Gasteiger charge is 2.35. The highest BCUT2D eigenvalue weighted by Crippen LogP contribution is 2.29. The first-order valence-corrected chi connectivity index (χ1v) is 9.20. The molecule has 0 aromatic heterocycles. The fourth-order valence-corrected chi connectivity index (χ4v) is 3.83. The molecule has 0 atom stereocenters. The van der Waals surface area contributed by atoms with Gasteiger partial charge < -0.3 is 5.32 Å². The van der Waals surface area contributed by atoms with Crippen LogP contribution < -0.4 is 5.32 Å². The maximum absolute atomic E-state index is 12.4. The molecule has 2 aromatic carbocycles. The first kappa shape index (κ1) is 16.6. The Morgan fingerprint density at radius 2 is 1.75 bits per heavy atom. The van der Waals surface area contributed by atoms with Crippen LogP contribution in [0.5, 0.6) is 0 Å². The molecule has 3 nitrogen and oxygen atoms in total. The number of carbonyl (C=O) groups is 1. The molecule has 1 aliphatic carbocycles. The molecule has 0 aliphatic heterocycles. The summed E-state index contributed by atoms with van der Waals surface area (Å²) in [6.45, 7) is 0. The molecule has 1 N–H and O–H groups in total. The lowest BCUT2D eigenvalue weighted by Gasteiger charge is -2.22. The molecule has 1 aliphatic rings. The Bertz CT molecular complexity index is 728. The van der Waals surface area contributed by atoms with E-state index < -0.39 is 5.54 Å². The molecule has 0 unspecified atom stereocenters. The number of nitrogens with one attached hydrogen (secondary N) is 1. The van der Waals surface area contributed by atoms with Gasteiger partial charge in [0, 0.05) is 16.2 Å². The van der Waals surface area contributed by atoms with Gasteiger partial charge in [-0.25, -0.2) is 0 Å². The van der Waals surface area contributed by atoms with E-state index >= 15 is 0 Å². The summed E-state index contributed by atoms with van der Waals surface area (Å²) >= 11 is 1.75. The summed E-state index contributed by atoms with van der Waals surface area (Å²) in [6.07, 6.45) is 3.51. The minimum Gasteiger partial charge on any atom is -0.334 e. The summed E-state index contributed by atoms with van der Waals surface area (Å²) < 4.78 is 0. The molecule has 0 saturated heterocycles. The number of amides is 1. The van der Waals surface area contributed by atoms with Crippen LogP contribution in [0.25, 0.3) is 0 Å². The minimum atomic E-state index is -0.669. The Hall–Kier alpha value is -2.25. The van der Waals surface area contributed by atoms with Crippen molar-refractivity contribution in [1.29, 1.82) is 5.26 Å². The van der Waals surface area contributed by atoms with Crippen molar-refractivity contribution in [3.63, 3.8) is 0 Å². The average molecular weight is 336 g/mol. The highest BCUT2D eigenvalue weighted by atomic mass is 32.2. The van der Waals surface area contributed by atoms with E-state index in [1.165, 1.54) is 5.56 Å². The van der Waals surface area contributed by atoms with E-state index in [0.29, 0.717) is 5.56 Å². The van der Waals surface area contributed by atoms with Crippen LogP contribution in [0.15, 0.2) is 59.5 Å². The van der Waals surface area contributed by atoms with Gasteiger partial charge >= 0.3 is 0 Å². The molecule has 0 heterocycles. The molecule has 0 bridgehead atoms. The van der Waals surface area contributed by atoms with Crippen molar-refractivity contribution < 1.29 is 4.79 Å². The summed E-state index contributed by atoms with van der Waals surface area (Å²) in [7, 11) is 0. The van der Waals surface area contributed by atoms with E-state index in [4.69, 9.17) is 0 Å². The number of benzene rings is 2. The van der Waals surface area contributed by atoms with Crippen molar-refractivity contribution in [3.05, 3.63) is 65.7 Å². The number of rotatable bonds is 5. The van der Waals surface area contributed by atoms with E-state index in [2.05, 4.69) is 23.5 Å². The lowest BCUT2D eigenvalue weighted by molar-refractivity contribution is 0.0920. The minimum absolute atomic E-state index is 0.155. The van der Waals surface area contributed by atoms with E-state index in [0.717, 1.165) is 36.3 Å². The fraction of sp³-hybridized carbons (Fsp3) is 0.300. The Kier molecular flexibility index (Phi) is 5.22. The standard InChI is InChI=1S/C20H20N2OS/c21-15-20(12-4-5-13-20)22-19(23)17-8-10-18(11-9-17)24-14-16-6-2-1-3-7-16/h1-3,6-11H,4-5,12-14H2,(H,22,23). The van der Waals surface area contributed by atoms with E-state index in [1.54, 1.807) is 11.8 Å². The summed E-state index contributed by atoms with van der Waals surface area (Å²) in [5, 5.41) is 12.3. The van der Waals surface area contributed by atoms with Crippen LogP contribution in [0.1, 0.15) is 41.6 Å². The van der Waals surface area contributed by atoms with Crippen LogP contribution >= 0.6 is 11.8 Å². The number of thioether (sulfide) groups is 1. The molecule has 24 heavy (non-hydrogen) atoms. The second kappa shape index (κ2) is 7.55. The second-order valence-electron chi connectivity index (χ2n) is 6.15. The maximum atomic E-state index is 12.4. The van der Waals surface area contributed by atoms with Gasteiger partial charge in [0.25, 0.3) is 5.91 Å². The lowest BCUT2D eigenvalue weighted by Crippen LogP contribution is -2.45. The molecule has 122 valence electrons. The molecule has 1 fully saturated rings. The van der Waals surface area contributed by atoms with Crippen LogP contribution in [-0.2, 0) is 5.75 Å². The van der Waals surface area contributed by atoms with Gasteiger partial charge in [-0.1, -0.05) is 30.3 Å². The fourth-order valence-electron chi connectivity index (χ4n) is 2.98. The summed E-state index contributed by atoms with van der Waals surface area (Å²) in [4.78, 5) is 13.5. The first-order valence-electron chi connectivity index (χ1n) is 8.21. The van der Waals surface area contributed by atoms with Crippen LogP contribution in [0.4, 0.5) is 0 Å². The predicted octanol–water partition coefficient (Wildman–Crippen LogP) is 4.55. The van der Waals surface area contributed by atoms with Gasteiger partial charge in [-0.15, -0.1) is 11.8 Å². The Morgan fingerprint density at radius 1 is 1.08 bits per heavy atom. The molecule has 0 radical (unpaired) electrons. The number of hydrogen-bond donors (Lipinski definition) is 1. The number of carbonyl (C=O) groups excluding carboxylic acids is 1. The monoisotopic (exact) mass is 336 g/mol. The zero-order chi connectivity index (χ0) is 16.8. The third-order valence-electron chi connectivity index (χ3n) is 4.39. The Balaban J connectivity index is 1.60. The zero-order valence-electron chi connectivity index (χ0n) is 13.5. The van der Waals surface area contributed by atoms with Gasteiger partial charge in [0.2, 0.25) is 0 Å². The van der Waals surface area contributed by atoms with Gasteiger partial charge in [-0.2, -0.15) is 5.26 Å². The van der Waals surface area contributed by atoms with Crippen LogP contribution in [0.2, 0.25) is 0 Å². The number of nitriles is 1. The Morgan fingerprint density at radius 3 is 2.38 bits per heavy atom. The molecular formula is C20H20N2OS. The van der Waals surface area contributed by atoms with Crippen LogP contribution in [0, 0.1) is 11.3 Å². The molecule has 3 rings (SSSR count). The smallest absolute Gasteiger partial charge is 0.252 e. The van der Waals surface area contributed by atoms with Crippen molar-refractivity contribution >= 4 is 17.7 Å².